The number of nitrogens with zero attached hydrogens (tertiary/aromatic N) is 5. The second-order valence-electron chi connectivity index (χ2n) is 10.1. The molecule has 4 aromatic rings. The number of aromatic nitrogens is 5. The molecular weight excluding hydrogens is 514 g/mol. The topological polar surface area (TPSA) is 82.8 Å². The molecule has 2 atom stereocenters. The Bertz CT molecular complexity index is 1620. The molecule has 5 rings (SSSR count). The molecule has 1 aliphatic heterocycles. The minimum atomic E-state index is -4.68. The number of hydrogen-bond acceptors (Lipinski definition) is 6. The second-order valence-corrected chi connectivity index (χ2v) is 10.1. The van der Waals surface area contributed by atoms with Crippen molar-refractivity contribution in [1.29, 1.82) is 0 Å². The van der Waals surface area contributed by atoms with E-state index in [1.54, 1.807) is 30.7 Å². The van der Waals surface area contributed by atoms with Gasteiger partial charge in [-0.3, -0.25) is 4.79 Å². The van der Waals surface area contributed by atoms with E-state index in [-0.39, 0.29) is 46.0 Å². The van der Waals surface area contributed by atoms with E-state index in [1.165, 1.54) is 6.07 Å². The Labute approximate surface area is 221 Å². The van der Waals surface area contributed by atoms with Crippen molar-refractivity contribution < 1.29 is 22.3 Å². The monoisotopic (exact) mass is 541 g/mol. The minimum Gasteiger partial charge on any atom is -0.373 e. The van der Waals surface area contributed by atoms with Gasteiger partial charge in [0, 0.05) is 36.4 Å². The second kappa shape index (κ2) is 10.1. The number of fused-ring (bicyclic) bond motifs is 1. The summed E-state index contributed by atoms with van der Waals surface area (Å²) < 4.78 is 62.3. The Morgan fingerprint density at radius 2 is 1.77 bits per heavy atom. The van der Waals surface area contributed by atoms with Gasteiger partial charge in [-0.25, -0.2) is 24.3 Å². The molecule has 11 heteroatoms. The normalized spacial score (nSPS) is 18.2. The van der Waals surface area contributed by atoms with E-state index < -0.39 is 17.6 Å². The van der Waals surface area contributed by atoms with Crippen LogP contribution in [0.3, 0.4) is 0 Å². The van der Waals surface area contributed by atoms with Crippen LogP contribution in [-0.2, 0) is 10.9 Å². The molecule has 0 spiro atoms. The van der Waals surface area contributed by atoms with Crippen LogP contribution >= 0.6 is 0 Å². The van der Waals surface area contributed by atoms with Gasteiger partial charge < -0.3 is 9.30 Å². The smallest absolute Gasteiger partial charge is 0.373 e. The van der Waals surface area contributed by atoms with Gasteiger partial charge in [0.05, 0.1) is 23.1 Å². The van der Waals surface area contributed by atoms with Crippen LogP contribution in [0.2, 0.25) is 0 Å². The van der Waals surface area contributed by atoms with Crippen LogP contribution in [0.4, 0.5) is 17.6 Å². The van der Waals surface area contributed by atoms with Crippen molar-refractivity contribution in [1.82, 2.24) is 24.5 Å². The third kappa shape index (κ3) is 5.27. The quantitative estimate of drug-likeness (QED) is 0.285. The first-order valence-electron chi connectivity index (χ1n) is 12.7. The first-order valence-corrected chi connectivity index (χ1v) is 12.7. The maximum atomic E-state index is 15.1. The number of benzene rings is 1. The van der Waals surface area contributed by atoms with Gasteiger partial charge >= 0.3 is 6.18 Å². The van der Waals surface area contributed by atoms with Crippen LogP contribution in [0, 0.1) is 19.7 Å². The van der Waals surface area contributed by atoms with Gasteiger partial charge in [0.2, 0.25) is 0 Å². The summed E-state index contributed by atoms with van der Waals surface area (Å²) >= 11 is 0. The summed E-state index contributed by atoms with van der Waals surface area (Å²) in [6.45, 7) is 7.76. The summed E-state index contributed by atoms with van der Waals surface area (Å²) in [5.41, 5.74) is 1.30. The summed E-state index contributed by atoms with van der Waals surface area (Å²) in [5, 5.41) is 0. The highest BCUT2D eigenvalue weighted by Gasteiger charge is 2.32. The van der Waals surface area contributed by atoms with Gasteiger partial charge in [0.15, 0.2) is 5.65 Å². The number of pyridine rings is 1. The van der Waals surface area contributed by atoms with Crippen molar-refractivity contribution in [3.63, 3.8) is 0 Å². The average molecular weight is 542 g/mol. The Hall–Kier alpha value is -3.73. The fraction of sp³-hybridized carbons (Fsp3) is 0.393. The molecular formula is C28H27F4N5O2. The van der Waals surface area contributed by atoms with Gasteiger partial charge in [-0.05, 0) is 70.4 Å². The molecule has 1 saturated heterocycles. The fourth-order valence-electron chi connectivity index (χ4n) is 4.76. The van der Waals surface area contributed by atoms with E-state index in [9.17, 15) is 18.0 Å². The summed E-state index contributed by atoms with van der Waals surface area (Å²) in [6, 6.07) is 5.60. The molecule has 0 aliphatic carbocycles. The molecule has 0 saturated carbocycles. The Morgan fingerprint density at radius 1 is 1.03 bits per heavy atom. The summed E-state index contributed by atoms with van der Waals surface area (Å²) in [4.78, 5) is 30.6. The molecule has 1 fully saturated rings. The fourth-order valence-corrected chi connectivity index (χ4v) is 4.76. The first-order chi connectivity index (χ1) is 18.4. The van der Waals surface area contributed by atoms with Gasteiger partial charge in [-0.1, -0.05) is 0 Å². The number of halogens is 4. The number of rotatable bonds is 4. The first kappa shape index (κ1) is 26.9. The lowest BCUT2D eigenvalue weighted by molar-refractivity contribution is -0.137. The Morgan fingerprint density at radius 3 is 2.46 bits per heavy atom. The number of hydrogen-bond donors (Lipinski definition) is 0. The van der Waals surface area contributed by atoms with Crippen molar-refractivity contribution in [2.45, 2.75) is 64.8 Å². The SMILES string of the molecule is Cc1nc2nc([C@H]3CCO[C@@H](c4ccc(=O)n(C(C)C)c4)C3)nc(-c3ccc(C(F)(F)F)cc3F)c2nc1C. The van der Waals surface area contributed by atoms with Gasteiger partial charge in [0.25, 0.3) is 5.56 Å². The van der Waals surface area contributed by atoms with Crippen molar-refractivity contribution in [2.24, 2.45) is 0 Å². The standard InChI is InChI=1S/C28H27F4N5O2/c1-14(2)37-13-18(5-8-23(37)38)22-11-17(9-10-39-22)26-35-24(25-27(36-26)34-16(4)15(3)33-25)20-7-6-19(12-21(20)29)28(30,31)32/h5-8,12-14,17,22H,9-11H2,1-4H3/t17-,22+/m0/s1. The van der Waals surface area contributed by atoms with Crippen LogP contribution in [-0.4, -0.2) is 31.1 Å². The van der Waals surface area contributed by atoms with Crippen molar-refractivity contribution >= 4 is 11.2 Å². The molecule has 1 aliphatic rings. The summed E-state index contributed by atoms with van der Waals surface area (Å²) in [7, 11) is 0. The zero-order chi connectivity index (χ0) is 28.1. The van der Waals surface area contributed by atoms with Crippen LogP contribution in [0.5, 0.6) is 0 Å². The largest absolute Gasteiger partial charge is 0.416 e. The van der Waals surface area contributed by atoms with Crippen LogP contribution < -0.4 is 5.56 Å². The molecule has 4 heterocycles. The third-order valence-electron chi connectivity index (χ3n) is 7.05. The zero-order valence-corrected chi connectivity index (χ0v) is 21.9. The lowest BCUT2D eigenvalue weighted by Gasteiger charge is -2.29. The number of aryl methyl sites for hydroxylation is 2. The molecule has 7 nitrogen and oxygen atoms in total. The highest BCUT2D eigenvalue weighted by Crippen LogP contribution is 2.39. The number of ether oxygens (including phenoxy) is 1. The summed E-state index contributed by atoms with van der Waals surface area (Å²) in [5.74, 6) is -0.872. The molecule has 0 unspecified atom stereocenters. The molecule has 204 valence electrons. The van der Waals surface area contributed by atoms with Gasteiger partial charge in [-0.15, -0.1) is 0 Å². The Kier molecular flexibility index (Phi) is 6.96. The lowest BCUT2D eigenvalue weighted by atomic mass is 9.91. The highest BCUT2D eigenvalue weighted by atomic mass is 19.4. The van der Waals surface area contributed by atoms with Gasteiger partial charge in [-0.2, -0.15) is 13.2 Å². The van der Waals surface area contributed by atoms with Gasteiger partial charge in [0.1, 0.15) is 22.9 Å². The molecule has 0 radical (unpaired) electrons. The predicted molar refractivity (Wildman–Crippen MR) is 137 cm³/mol. The van der Waals surface area contributed by atoms with Crippen LogP contribution in [0.15, 0.2) is 41.3 Å². The van der Waals surface area contributed by atoms with Crippen LogP contribution in [0.25, 0.3) is 22.4 Å². The summed E-state index contributed by atoms with van der Waals surface area (Å²) in [6.07, 6.45) is -2.14. The number of alkyl halides is 3. The van der Waals surface area contributed by atoms with E-state index in [0.29, 0.717) is 42.7 Å². The molecule has 0 amide bonds. The zero-order valence-electron chi connectivity index (χ0n) is 21.9. The Balaban J connectivity index is 1.59. The molecule has 39 heavy (non-hydrogen) atoms. The molecule has 1 aromatic carbocycles. The van der Waals surface area contributed by atoms with E-state index in [2.05, 4.69) is 19.9 Å². The molecule has 3 aromatic heterocycles. The molecule has 0 bridgehead atoms. The van der Waals surface area contributed by atoms with Crippen molar-refractivity contribution in [2.75, 3.05) is 6.61 Å². The van der Waals surface area contributed by atoms with Crippen molar-refractivity contribution in [3.05, 3.63) is 81.0 Å². The van der Waals surface area contributed by atoms with E-state index in [0.717, 1.165) is 17.7 Å². The van der Waals surface area contributed by atoms with Crippen LogP contribution in [0.1, 0.15) is 73.1 Å². The van der Waals surface area contributed by atoms with Crippen molar-refractivity contribution in [3.8, 4) is 11.3 Å². The third-order valence-corrected chi connectivity index (χ3v) is 7.05. The van der Waals surface area contributed by atoms with E-state index in [4.69, 9.17) is 4.74 Å². The molecule has 0 N–H and O–H groups in total. The van der Waals surface area contributed by atoms with E-state index in [1.807, 2.05) is 13.8 Å². The van der Waals surface area contributed by atoms with E-state index >= 15 is 4.39 Å². The minimum absolute atomic E-state index is 0.0212. The predicted octanol–water partition coefficient (Wildman–Crippen LogP) is 6.24. The average Bonchev–Trinajstić information content (AvgIpc) is 2.88. The maximum absolute atomic E-state index is 15.1. The highest BCUT2D eigenvalue weighted by molar-refractivity contribution is 5.87. The maximum Gasteiger partial charge on any atom is 0.416 e. The lowest BCUT2D eigenvalue weighted by Crippen LogP contribution is -2.24.